The zero-order chi connectivity index (χ0) is 21.8. The van der Waals surface area contributed by atoms with E-state index < -0.39 is 5.56 Å². The Balaban J connectivity index is 1.46. The van der Waals surface area contributed by atoms with Gasteiger partial charge in [0, 0.05) is 25.7 Å². The lowest BCUT2D eigenvalue weighted by Gasteiger charge is -2.10. The summed E-state index contributed by atoms with van der Waals surface area (Å²) in [6, 6.07) is 5.46. The van der Waals surface area contributed by atoms with Crippen LogP contribution in [0.15, 0.2) is 38.5 Å². The average molecular weight is 444 g/mol. The molecule has 0 aliphatic carbocycles. The Morgan fingerprint density at radius 3 is 2.71 bits per heavy atom. The van der Waals surface area contributed by atoms with E-state index in [1.54, 1.807) is 12.3 Å². The largest absolute Gasteiger partial charge is 0.332 e. The van der Waals surface area contributed by atoms with Crippen LogP contribution in [0.2, 0.25) is 5.28 Å². The minimum Gasteiger partial charge on any atom is -0.332 e. The van der Waals surface area contributed by atoms with Crippen molar-refractivity contribution in [1.82, 2.24) is 34.2 Å². The van der Waals surface area contributed by atoms with Gasteiger partial charge in [0.1, 0.15) is 5.69 Å². The van der Waals surface area contributed by atoms with Gasteiger partial charge in [-0.25, -0.2) is 4.79 Å². The van der Waals surface area contributed by atoms with Gasteiger partial charge in [-0.05, 0) is 43.0 Å². The number of rotatable bonds is 9. The zero-order valence-electron chi connectivity index (χ0n) is 17.0. The highest BCUT2D eigenvalue weighted by Crippen LogP contribution is 2.14. The summed E-state index contributed by atoms with van der Waals surface area (Å²) < 4.78 is 8.01. The van der Waals surface area contributed by atoms with E-state index in [2.05, 4.69) is 25.1 Å². The number of aromatic amines is 1. The fourth-order valence-electron chi connectivity index (χ4n) is 3.36. The second-order valence-electron chi connectivity index (χ2n) is 7.16. The number of unbranched alkanes of at least 4 members (excludes halogenated alkanes) is 2. The first-order valence-electron chi connectivity index (χ1n) is 10.2. The van der Waals surface area contributed by atoms with Crippen LogP contribution in [0, 0.1) is 0 Å². The summed E-state index contributed by atoms with van der Waals surface area (Å²) in [7, 11) is 0. The highest BCUT2D eigenvalue weighted by atomic mass is 35.5. The van der Waals surface area contributed by atoms with Crippen molar-refractivity contribution in [3.63, 3.8) is 0 Å². The van der Waals surface area contributed by atoms with Crippen molar-refractivity contribution in [2.75, 3.05) is 0 Å². The van der Waals surface area contributed by atoms with Crippen molar-refractivity contribution in [3.05, 3.63) is 56.3 Å². The molecule has 1 N–H and O–H groups in total. The number of pyridine rings is 1. The number of nitrogens with zero attached hydrogens (tertiary/aromatic N) is 6. The van der Waals surface area contributed by atoms with E-state index in [-0.39, 0.29) is 23.0 Å². The molecule has 0 aromatic carbocycles. The molecule has 0 fully saturated rings. The molecule has 0 aliphatic rings. The zero-order valence-corrected chi connectivity index (χ0v) is 17.8. The molecule has 0 spiro atoms. The monoisotopic (exact) mass is 443 g/mol. The van der Waals surface area contributed by atoms with E-state index in [0.29, 0.717) is 48.9 Å². The number of H-pyrrole nitrogens is 1. The Morgan fingerprint density at radius 1 is 1.10 bits per heavy atom. The fraction of sp³-hybridized carbons (Fsp3) is 0.400. The molecule has 4 heterocycles. The van der Waals surface area contributed by atoms with Crippen molar-refractivity contribution < 1.29 is 4.52 Å². The molecular weight excluding hydrogens is 422 g/mol. The summed E-state index contributed by atoms with van der Waals surface area (Å²) in [5.41, 5.74) is 0.389. The molecule has 0 atom stereocenters. The maximum absolute atomic E-state index is 12.9. The normalized spacial score (nSPS) is 11.4. The topological polar surface area (TPSA) is 124 Å². The quantitative estimate of drug-likeness (QED) is 0.311. The van der Waals surface area contributed by atoms with Crippen LogP contribution in [0.1, 0.15) is 38.4 Å². The van der Waals surface area contributed by atoms with E-state index in [1.807, 2.05) is 19.1 Å². The standard InChI is InChI=1S/C20H22ClN7O3/c1-2-3-11-27-16-15(24-19(21)25-16)18(29)28(20(27)30)12-7-5-9-14-23-17(31-26-14)13-8-4-6-10-22-13/h4,6,8,10H,2-3,5,7,9,11-12H2,1H3,(H,24,25). The highest BCUT2D eigenvalue weighted by molar-refractivity contribution is 6.28. The molecule has 0 bridgehead atoms. The summed E-state index contributed by atoms with van der Waals surface area (Å²) in [6.07, 6.45) is 5.22. The van der Waals surface area contributed by atoms with Crippen molar-refractivity contribution >= 4 is 22.8 Å². The number of aryl methyl sites for hydroxylation is 2. The fourth-order valence-corrected chi connectivity index (χ4v) is 3.53. The third kappa shape index (κ3) is 4.43. The van der Waals surface area contributed by atoms with Crippen LogP contribution in [0.4, 0.5) is 0 Å². The highest BCUT2D eigenvalue weighted by Gasteiger charge is 2.17. The Kier molecular flexibility index (Phi) is 6.26. The molecule has 0 amide bonds. The summed E-state index contributed by atoms with van der Waals surface area (Å²) in [6.45, 7) is 2.79. The van der Waals surface area contributed by atoms with Gasteiger partial charge in [0.25, 0.3) is 11.4 Å². The van der Waals surface area contributed by atoms with Gasteiger partial charge in [0.15, 0.2) is 17.0 Å². The van der Waals surface area contributed by atoms with Crippen LogP contribution in [0.5, 0.6) is 0 Å². The van der Waals surface area contributed by atoms with E-state index in [0.717, 1.165) is 12.8 Å². The first-order valence-corrected chi connectivity index (χ1v) is 10.6. The lowest BCUT2D eigenvalue weighted by Crippen LogP contribution is -2.40. The van der Waals surface area contributed by atoms with Crippen LogP contribution in [-0.4, -0.2) is 34.2 Å². The first kappa shape index (κ1) is 21.0. The van der Waals surface area contributed by atoms with Gasteiger partial charge in [-0.3, -0.25) is 18.9 Å². The molecule has 0 unspecified atom stereocenters. The van der Waals surface area contributed by atoms with Crippen LogP contribution in [0.25, 0.3) is 22.7 Å². The van der Waals surface area contributed by atoms with E-state index in [1.165, 1.54) is 9.13 Å². The summed E-state index contributed by atoms with van der Waals surface area (Å²) in [5, 5.41) is 4.07. The van der Waals surface area contributed by atoms with Crippen molar-refractivity contribution in [2.24, 2.45) is 0 Å². The van der Waals surface area contributed by atoms with E-state index in [4.69, 9.17) is 16.1 Å². The summed E-state index contributed by atoms with van der Waals surface area (Å²) >= 11 is 5.95. The smallest absolute Gasteiger partial charge is 0.332 e. The summed E-state index contributed by atoms with van der Waals surface area (Å²) in [5.74, 6) is 0.927. The molecule has 0 radical (unpaired) electrons. The average Bonchev–Trinajstić information content (AvgIpc) is 3.40. The molecule has 4 aromatic rings. The third-order valence-corrected chi connectivity index (χ3v) is 5.13. The molecule has 4 rings (SSSR count). The van der Waals surface area contributed by atoms with E-state index in [9.17, 15) is 9.59 Å². The molecule has 0 saturated heterocycles. The second kappa shape index (κ2) is 9.25. The SMILES string of the molecule is CCCCn1c(=O)n(CCCCc2noc(-c3ccccn3)n2)c(=O)c2[nH]c(Cl)nc21. The van der Waals surface area contributed by atoms with Gasteiger partial charge in [-0.1, -0.05) is 24.6 Å². The van der Waals surface area contributed by atoms with Gasteiger partial charge in [-0.15, -0.1) is 0 Å². The molecule has 11 heteroatoms. The molecule has 10 nitrogen and oxygen atoms in total. The molecule has 162 valence electrons. The molecule has 0 saturated carbocycles. The van der Waals surface area contributed by atoms with Crippen molar-refractivity contribution in [3.8, 4) is 11.6 Å². The minimum atomic E-state index is -0.413. The predicted molar refractivity (Wildman–Crippen MR) is 115 cm³/mol. The maximum Gasteiger partial charge on any atom is 0.332 e. The van der Waals surface area contributed by atoms with Crippen LogP contribution in [0.3, 0.4) is 0 Å². The molecular formula is C20H22ClN7O3. The van der Waals surface area contributed by atoms with Crippen LogP contribution in [-0.2, 0) is 19.5 Å². The Labute approximate surface area is 181 Å². The number of fused-ring (bicyclic) bond motifs is 1. The summed E-state index contributed by atoms with van der Waals surface area (Å²) in [4.78, 5) is 41.1. The lowest BCUT2D eigenvalue weighted by molar-refractivity contribution is 0.419. The van der Waals surface area contributed by atoms with Crippen molar-refractivity contribution in [2.45, 2.75) is 52.1 Å². The third-order valence-electron chi connectivity index (χ3n) is 4.95. The number of aromatic nitrogens is 7. The number of hydrogen-bond acceptors (Lipinski definition) is 7. The van der Waals surface area contributed by atoms with Gasteiger partial charge in [0.05, 0.1) is 0 Å². The van der Waals surface area contributed by atoms with Gasteiger partial charge < -0.3 is 9.51 Å². The molecule has 4 aromatic heterocycles. The van der Waals surface area contributed by atoms with Gasteiger partial charge in [-0.2, -0.15) is 9.97 Å². The molecule has 31 heavy (non-hydrogen) atoms. The van der Waals surface area contributed by atoms with Crippen molar-refractivity contribution in [1.29, 1.82) is 0 Å². The second-order valence-corrected chi connectivity index (χ2v) is 7.52. The Bertz CT molecular complexity index is 1290. The Hall–Kier alpha value is -3.27. The number of imidazole rings is 1. The number of nitrogens with one attached hydrogen (secondary N) is 1. The van der Waals surface area contributed by atoms with Crippen LogP contribution < -0.4 is 11.2 Å². The lowest BCUT2D eigenvalue weighted by atomic mass is 10.2. The minimum absolute atomic E-state index is 0.0929. The van der Waals surface area contributed by atoms with E-state index >= 15 is 0 Å². The molecule has 0 aliphatic heterocycles. The van der Waals surface area contributed by atoms with Crippen LogP contribution >= 0.6 is 11.6 Å². The van der Waals surface area contributed by atoms with Gasteiger partial charge in [0.2, 0.25) is 5.28 Å². The first-order chi connectivity index (χ1) is 15.1. The number of hydrogen-bond donors (Lipinski definition) is 1. The Morgan fingerprint density at radius 2 is 1.94 bits per heavy atom. The maximum atomic E-state index is 12.9. The number of halogens is 1. The van der Waals surface area contributed by atoms with Gasteiger partial charge >= 0.3 is 5.69 Å². The predicted octanol–water partition coefficient (Wildman–Crippen LogP) is 2.81.